The number of carbonyl (C=O) groups excluding carboxylic acids is 1. The molecule has 25 heavy (non-hydrogen) atoms. The van der Waals surface area contributed by atoms with Crippen LogP contribution in [0.3, 0.4) is 0 Å². The van der Waals surface area contributed by atoms with E-state index in [1.807, 2.05) is 33.8 Å². The topological polar surface area (TPSA) is 41.6 Å². The zero-order valence-corrected chi connectivity index (χ0v) is 15.2. The number of ether oxygens (including phenoxy) is 1. The second-order valence-electron chi connectivity index (χ2n) is 7.31. The first-order valence-corrected chi connectivity index (χ1v) is 8.50. The minimum atomic E-state index is -0.578. The lowest BCUT2D eigenvalue weighted by Gasteiger charge is -2.30. The minimum absolute atomic E-state index is 0.231. The number of rotatable bonds is 4. The molecule has 1 aromatic rings. The van der Waals surface area contributed by atoms with Gasteiger partial charge in [-0.05, 0) is 40.2 Å². The van der Waals surface area contributed by atoms with Crippen molar-refractivity contribution in [2.45, 2.75) is 45.8 Å². The molecule has 1 heterocycles. The van der Waals surface area contributed by atoms with E-state index in [0.29, 0.717) is 25.2 Å². The van der Waals surface area contributed by atoms with E-state index in [9.17, 15) is 13.6 Å². The van der Waals surface area contributed by atoms with E-state index in [0.717, 1.165) is 18.1 Å². The van der Waals surface area contributed by atoms with Gasteiger partial charge < -0.3 is 15.0 Å². The van der Waals surface area contributed by atoms with Gasteiger partial charge in [-0.2, -0.15) is 0 Å². The number of hydrogen-bond acceptors (Lipinski definition) is 3. The molecule has 138 valence electrons. The maximum atomic E-state index is 13.8. The lowest BCUT2D eigenvalue weighted by Crippen LogP contribution is -2.40. The first-order chi connectivity index (χ1) is 11.7. The second kappa shape index (κ2) is 7.95. The van der Waals surface area contributed by atoms with Crippen LogP contribution in [0.2, 0.25) is 0 Å². The van der Waals surface area contributed by atoms with Gasteiger partial charge in [-0.25, -0.2) is 13.6 Å². The molecule has 1 N–H and O–H groups in total. The molecule has 0 fully saturated rings. The normalized spacial score (nSPS) is 16.4. The Balaban J connectivity index is 1.85. The Morgan fingerprint density at radius 2 is 2.08 bits per heavy atom. The first kappa shape index (κ1) is 19.4. The summed E-state index contributed by atoms with van der Waals surface area (Å²) in [5.74, 6) is -1.13. The molecule has 0 radical (unpaired) electrons. The lowest BCUT2D eigenvalue weighted by atomic mass is 10.1. The third-order valence-electron chi connectivity index (χ3n) is 4.02. The Morgan fingerprint density at radius 1 is 1.36 bits per heavy atom. The lowest BCUT2D eigenvalue weighted by molar-refractivity contribution is 0.0265. The Labute approximate surface area is 147 Å². The molecule has 0 aliphatic carbocycles. The van der Waals surface area contributed by atoms with Crippen LogP contribution in [0.1, 0.15) is 45.7 Å². The van der Waals surface area contributed by atoms with Crippen molar-refractivity contribution in [3.05, 3.63) is 47.0 Å². The molecule has 0 spiro atoms. The van der Waals surface area contributed by atoms with Crippen LogP contribution in [0.25, 0.3) is 0 Å². The molecule has 4 nitrogen and oxygen atoms in total. The van der Waals surface area contributed by atoms with E-state index in [1.165, 1.54) is 12.1 Å². The fraction of sp³-hybridized carbons (Fsp3) is 0.526. The first-order valence-electron chi connectivity index (χ1n) is 8.50. The predicted octanol–water partition coefficient (Wildman–Crippen LogP) is 4.18. The fourth-order valence-electron chi connectivity index (χ4n) is 2.61. The smallest absolute Gasteiger partial charge is 0.410 e. The quantitative estimate of drug-likeness (QED) is 0.827. The third-order valence-corrected chi connectivity index (χ3v) is 4.02. The van der Waals surface area contributed by atoms with Gasteiger partial charge in [0.1, 0.15) is 17.2 Å². The number of carbonyl (C=O) groups is 1. The fourth-order valence-corrected chi connectivity index (χ4v) is 2.61. The zero-order valence-electron chi connectivity index (χ0n) is 15.2. The molecule has 1 aromatic carbocycles. The Kier molecular flexibility index (Phi) is 6.16. The summed E-state index contributed by atoms with van der Waals surface area (Å²) in [5.41, 5.74) is 1.10. The van der Waals surface area contributed by atoms with Gasteiger partial charge in [0.2, 0.25) is 0 Å². The SMILES string of the molecule is CC(NCC1=CCN(C(=O)OC(C)(C)C)CC1)c1ccc(F)cc1F. The molecular weight excluding hydrogens is 326 g/mol. The Hall–Kier alpha value is -1.95. The summed E-state index contributed by atoms with van der Waals surface area (Å²) in [6.45, 7) is 9.07. The molecule has 6 heteroatoms. The number of hydrogen-bond donors (Lipinski definition) is 1. The molecule has 0 saturated carbocycles. The average molecular weight is 352 g/mol. The largest absolute Gasteiger partial charge is 0.444 e. The van der Waals surface area contributed by atoms with Gasteiger partial charge in [0.15, 0.2) is 0 Å². The molecule has 0 saturated heterocycles. The molecule has 0 aromatic heterocycles. The number of nitrogens with one attached hydrogen (secondary N) is 1. The van der Waals surface area contributed by atoms with Crippen LogP contribution in [0.15, 0.2) is 29.8 Å². The van der Waals surface area contributed by atoms with Crippen LogP contribution in [0.5, 0.6) is 0 Å². The Morgan fingerprint density at radius 3 is 2.64 bits per heavy atom. The van der Waals surface area contributed by atoms with Gasteiger partial charge in [-0.1, -0.05) is 17.7 Å². The molecule has 1 aliphatic rings. The summed E-state index contributed by atoms with van der Waals surface area (Å²) >= 11 is 0. The van der Waals surface area contributed by atoms with Gasteiger partial charge in [-0.15, -0.1) is 0 Å². The van der Waals surface area contributed by atoms with E-state index in [-0.39, 0.29) is 12.1 Å². The van der Waals surface area contributed by atoms with Gasteiger partial charge >= 0.3 is 6.09 Å². The summed E-state index contributed by atoms with van der Waals surface area (Å²) in [7, 11) is 0. The molecule has 1 aliphatic heterocycles. The molecular formula is C19H26F2N2O2. The molecule has 0 bridgehead atoms. The van der Waals surface area contributed by atoms with Crippen molar-refractivity contribution < 1.29 is 18.3 Å². The van der Waals surface area contributed by atoms with E-state index in [1.54, 1.807) is 4.90 Å². The highest BCUT2D eigenvalue weighted by molar-refractivity contribution is 5.68. The minimum Gasteiger partial charge on any atom is -0.444 e. The maximum Gasteiger partial charge on any atom is 0.410 e. The number of halogens is 2. The van der Waals surface area contributed by atoms with Crippen molar-refractivity contribution in [1.82, 2.24) is 10.2 Å². The van der Waals surface area contributed by atoms with Crippen molar-refractivity contribution in [3.8, 4) is 0 Å². The summed E-state index contributed by atoms with van der Waals surface area (Å²) in [6, 6.07) is 3.38. The molecule has 2 rings (SSSR count). The van der Waals surface area contributed by atoms with Crippen molar-refractivity contribution in [1.29, 1.82) is 0 Å². The number of amides is 1. The molecule has 1 amide bonds. The predicted molar refractivity (Wildman–Crippen MR) is 93.3 cm³/mol. The monoisotopic (exact) mass is 352 g/mol. The van der Waals surface area contributed by atoms with Crippen molar-refractivity contribution in [2.75, 3.05) is 19.6 Å². The van der Waals surface area contributed by atoms with E-state index in [2.05, 4.69) is 5.32 Å². The standard InChI is InChI=1S/C19H26F2N2O2/c1-13(16-6-5-15(20)11-17(16)21)22-12-14-7-9-23(10-8-14)18(24)25-19(2,3)4/h5-7,11,13,22H,8-10,12H2,1-4H3. The van der Waals surface area contributed by atoms with Crippen LogP contribution >= 0.6 is 0 Å². The molecule has 1 atom stereocenters. The van der Waals surface area contributed by atoms with Gasteiger partial charge in [0, 0.05) is 37.3 Å². The van der Waals surface area contributed by atoms with Gasteiger partial charge in [0.25, 0.3) is 0 Å². The Bertz CT molecular complexity index is 653. The summed E-state index contributed by atoms with van der Waals surface area (Å²) in [6.07, 6.45) is 2.43. The van der Waals surface area contributed by atoms with Gasteiger partial charge in [-0.3, -0.25) is 0 Å². The van der Waals surface area contributed by atoms with E-state index < -0.39 is 17.2 Å². The van der Waals surface area contributed by atoms with Crippen molar-refractivity contribution >= 4 is 6.09 Å². The summed E-state index contributed by atoms with van der Waals surface area (Å²) < 4.78 is 32.1. The van der Waals surface area contributed by atoms with Crippen molar-refractivity contribution in [2.24, 2.45) is 0 Å². The second-order valence-corrected chi connectivity index (χ2v) is 7.31. The highest BCUT2D eigenvalue weighted by atomic mass is 19.1. The number of benzene rings is 1. The van der Waals surface area contributed by atoms with Crippen molar-refractivity contribution in [3.63, 3.8) is 0 Å². The average Bonchev–Trinajstić information content (AvgIpc) is 2.51. The number of nitrogens with zero attached hydrogens (tertiary/aromatic N) is 1. The van der Waals surface area contributed by atoms with Gasteiger partial charge in [0.05, 0.1) is 0 Å². The van der Waals surface area contributed by atoms with E-state index in [4.69, 9.17) is 4.74 Å². The van der Waals surface area contributed by atoms with Crippen LogP contribution in [-0.2, 0) is 4.74 Å². The maximum absolute atomic E-state index is 13.8. The van der Waals surface area contributed by atoms with Crippen LogP contribution in [0.4, 0.5) is 13.6 Å². The van der Waals surface area contributed by atoms with Crippen LogP contribution in [0, 0.1) is 11.6 Å². The highest BCUT2D eigenvalue weighted by Crippen LogP contribution is 2.19. The van der Waals surface area contributed by atoms with E-state index >= 15 is 0 Å². The van der Waals surface area contributed by atoms with Crippen LogP contribution < -0.4 is 5.32 Å². The summed E-state index contributed by atoms with van der Waals surface area (Å²) in [4.78, 5) is 13.7. The highest BCUT2D eigenvalue weighted by Gasteiger charge is 2.23. The molecule has 1 unspecified atom stereocenters. The third kappa shape index (κ3) is 5.81. The summed E-state index contributed by atoms with van der Waals surface area (Å²) in [5, 5.41) is 3.25. The van der Waals surface area contributed by atoms with Crippen LogP contribution in [-0.4, -0.2) is 36.2 Å². The zero-order chi connectivity index (χ0) is 18.6.